The van der Waals surface area contributed by atoms with Crippen LogP contribution >= 0.6 is 31.9 Å². The molecule has 0 spiro atoms. The summed E-state index contributed by atoms with van der Waals surface area (Å²) in [5.74, 6) is 0.578. The number of ketones is 1. The fourth-order valence-corrected chi connectivity index (χ4v) is 5.28. The molecule has 0 radical (unpaired) electrons. The second-order valence-corrected chi connectivity index (χ2v) is 10.1. The molecular weight excluding hydrogens is 464 g/mol. The van der Waals surface area contributed by atoms with Gasteiger partial charge in [0.1, 0.15) is 5.78 Å². The summed E-state index contributed by atoms with van der Waals surface area (Å²) in [6.07, 6.45) is 8.11. The molecule has 0 N–H and O–H groups in total. The number of halogens is 2. The van der Waals surface area contributed by atoms with Crippen LogP contribution in [0.2, 0.25) is 0 Å². The first-order valence-corrected chi connectivity index (χ1v) is 10.8. The number of carbonyl (C=O) groups excluding carboxylic acids is 1. The number of hydrogen-bond donors (Lipinski definition) is 0. The Kier molecular flexibility index (Phi) is 4.80. The molecule has 2 aromatic rings. The molecule has 0 saturated heterocycles. The minimum atomic E-state index is -0.333. The van der Waals surface area contributed by atoms with Crippen molar-refractivity contribution < 1.29 is 4.79 Å². The van der Waals surface area contributed by atoms with Gasteiger partial charge in [-0.25, -0.2) is 0 Å². The van der Waals surface area contributed by atoms with Gasteiger partial charge in [0.25, 0.3) is 0 Å². The van der Waals surface area contributed by atoms with E-state index in [1.165, 1.54) is 16.7 Å². The van der Waals surface area contributed by atoms with Crippen molar-refractivity contribution in [3.05, 3.63) is 86.3 Å². The van der Waals surface area contributed by atoms with Crippen molar-refractivity contribution in [2.24, 2.45) is 10.8 Å². The summed E-state index contributed by atoms with van der Waals surface area (Å²) in [7, 11) is 0. The SMILES string of the molecule is CC12C=C(/C=C/c3ccc(Br)cc3)C(C)(C1)C(c1ccc(Br)cc1)CC2=O. The van der Waals surface area contributed by atoms with Crippen LogP contribution in [-0.2, 0) is 4.79 Å². The number of hydrogen-bond acceptors (Lipinski definition) is 1. The average molecular weight is 486 g/mol. The number of rotatable bonds is 3. The number of Topliss-reactive ketones (excluding diaryl/α,β-unsaturated/α-hetero) is 1. The van der Waals surface area contributed by atoms with Crippen molar-refractivity contribution in [2.45, 2.75) is 32.6 Å². The van der Waals surface area contributed by atoms with Crippen LogP contribution in [0.1, 0.15) is 43.7 Å². The molecule has 138 valence electrons. The summed E-state index contributed by atoms with van der Waals surface area (Å²) in [5, 5.41) is 0. The van der Waals surface area contributed by atoms with E-state index in [4.69, 9.17) is 0 Å². The fourth-order valence-electron chi connectivity index (χ4n) is 4.75. The number of allylic oxidation sites excluding steroid dienone is 3. The molecule has 27 heavy (non-hydrogen) atoms. The second-order valence-electron chi connectivity index (χ2n) is 8.23. The third-order valence-electron chi connectivity index (χ3n) is 6.26. The van der Waals surface area contributed by atoms with E-state index in [1.807, 2.05) is 0 Å². The standard InChI is InChI=1S/C24H22Br2O/c1-23-14-18(8-3-16-4-9-19(25)10-5-16)24(2,15-23)21(13-22(23)27)17-6-11-20(26)12-7-17/h3-12,14,21H,13,15H2,1-2H3/b8-3+. The predicted octanol–water partition coefficient (Wildman–Crippen LogP) is 7.32. The highest BCUT2D eigenvalue weighted by molar-refractivity contribution is 9.10. The van der Waals surface area contributed by atoms with Crippen LogP contribution in [0.4, 0.5) is 0 Å². The summed E-state index contributed by atoms with van der Waals surface area (Å²) in [6, 6.07) is 16.8. The second kappa shape index (κ2) is 6.86. The summed E-state index contributed by atoms with van der Waals surface area (Å²) >= 11 is 7.00. The van der Waals surface area contributed by atoms with Crippen LogP contribution in [0.25, 0.3) is 6.08 Å². The molecule has 3 heteroatoms. The summed E-state index contributed by atoms with van der Waals surface area (Å²) < 4.78 is 2.15. The fraction of sp³-hybridized carbons (Fsp3) is 0.292. The maximum absolute atomic E-state index is 12.9. The zero-order valence-corrected chi connectivity index (χ0v) is 18.7. The molecule has 0 heterocycles. The van der Waals surface area contributed by atoms with Gasteiger partial charge < -0.3 is 0 Å². The van der Waals surface area contributed by atoms with Crippen molar-refractivity contribution >= 4 is 43.7 Å². The largest absolute Gasteiger partial charge is 0.299 e. The van der Waals surface area contributed by atoms with Gasteiger partial charge in [-0.15, -0.1) is 0 Å². The Morgan fingerprint density at radius 1 is 0.926 bits per heavy atom. The molecule has 1 fully saturated rings. The van der Waals surface area contributed by atoms with Crippen molar-refractivity contribution in [3.8, 4) is 0 Å². The van der Waals surface area contributed by atoms with Crippen molar-refractivity contribution in [1.82, 2.24) is 0 Å². The van der Waals surface area contributed by atoms with Crippen LogP contribution in [-0.4, -0.2) is 5.78 Å². The number of benzene rings is 2. The lowest BCUT2D eigenvalue weighted by atomic mass is 9.59. The van der Waals surface area contributed by atoms with Gasteiger partial charge in [-0.05, 0) is 54.3 Å². The molecule has 2 aliphatic carbocycles. The van der Waals surface area contributed by atoms with Gasteiger partial charge in [0, 0.05) is 32.1 Å². The lowest BCUT2D eigenvalue weighted by Crippen LogP contribution is -2.39. The maximum Gasteiger partial charge on any atom is 0.143 e. The normalized spacial score (nSPS) is 30.0. The van der Waals surface area contributed by atoms with E-state index in [2.05, 4.69) is 112 Å². The van der Waals surface area contributed by atoms with Gasteiger partial charge in [-0.1, -0.05) is 81.3 Å². The van der Waals surface area contributed by atoms with Crippen LogP contribution in [0.15, 0.2) is 75.2 Å². The quantitative estimate of drug-likeness (QED) is 0.444. The van der Waals surface area contributed by atoms with Crippen molar-refractivity contribution in [2.75, 3.05) is 0 Å². The first-order chi connectivity index (χ1) is 12.8. The first-order valence-electron chi connectivity index (χ1n) is 9.26. The van der Waals surface area contributed by atoms with Gasteiger partial charge in [0.05, 0.1) is 0 Å². The smallest absolute Gasteiger partial charge is 0.143 e. The molecule has 3 unspecified atom stereocenters. The summed E-state index contributed by atoms with van der Waals surface area (Å²) in [4.78, 5) is 12.9. The molecule has 0 aliphatic heterocycles. The van der Waals surface area contributed by atoms with Gasteiger partial charge in [0.15, 0.2) is 0 Å². The van der Waals surface area contributed by atoms with E-state index in [9.17, 15) is 4.79 Å². The molecular formula is C24H22Br2O. The van der Waals surface area contributed by atoms with Crippen molar-refractivity contribution in [3.63, 3.8) is 0 Å². The monoisotopic (exact) mass is 484 g/mol. The van der Waals surface area contributed by atoms with E-state index >= 15 is 0 Å². The zero-order chi connectivity index (χ0) is 19.2. The molecule has 2 aromatic carbocycles. The molecule has 2 aliphatic rings. The van der Waals surface area contributed by atoms with Crippen LogP contribution < -0.4 is 0 Å². The van der Waals surface area contributed by atoms with E-state index in [1.54, 1.807) is 0 Å². The summed E-state index contributed by atoms with van der Waals surface area (Å²) in [5.41, 5.74) is 3.34. The Balaban J connectivity index is 1.72. The highest BCUT2D eigenvalue weighted by atomic mass is 79.9. The molecule has 1 saturated carbocycles. The Labute approximate surface area is 177 Å². The zero-order valence-electron chi connectivity index (χ0n) is 15.5. The molecule has 0 aromatic heterocycles. The third kappa shape index (κ3) is 3.40. The number of carbonyl (C=O) groups is 1. The predicted molar refractivity (Wildman–Crippen MR) is 119 cm³/mol. The van der Waals surface area contributed by atoms with Gasteiger partial charge in [-0.2, -0.15) is 0 Å². The van der Waals surface area contributed by atoms with Gasteiger partial charge >= 0.3 is 0 Å². The minimum absolute atomic E-state index is 0.0254. The Hall–Kier alpha value is -1.45. The molecule has 4 rings (SSSR count). The average Bonchev–Trinajstić information content (AvgIpc) is 2.88. The Bertz CT molecular complexity index is 939. The first kappa shape index (κ1) is 18.9. The lowest BCUT2D eigenvalue weighted by molar-refractivity contribution is -0.130. The Morgan fingerprint density at radius 3 is 2.15 bits per heavy atom. The maximum atomic E-state index is 12.9. The third-order valence-corrected chi connectivity index (χ3v) is 7.32. The van der Waals surface area contributed by atoms with Crippen LogP contribution in [0.3, 0.4) is 0 Å². The molecule has 3 atom stereocenters. The van der Waals surface area contributed by atoms with E-state index < -0.39 is 0 Å². The van der Waals surface area contributed by atoms with E-state index in [0.717, 1.165) is 15.4 Å². The van der Waals surface area contributed by atoms with E-state index in [-0.39, 0.29) is 16.7 Å². The Morgan fingerprint density at radius 2 is 1.52 bits per heavy atom. The van der Waals surface area contributed by atoms with Gasteiger partial charge in [-0.3, -0.25) is 4.79 Å². The topological polar surface area (TPSA) is 17.1 Å². The van der Waals surface area contributed by atoms with Crippen molar-refractivity contribution in [1.29, 1.82) is 0 Å². The molecule has 1 nitrogen and oxygen atoms in total. The highest BCUT2D eigenvalue weighted by Gasteiger charge is 2.55. The highest BCUT2D eigenvalue weighted by Crippen LogP contribution is 2.61. The van der Waals surface area contributed by atoms with E-state index in [0.29, 0.717) is 12.2 Å². The van der Waals surface area contributed by atoms with Crippen LogP contribution in [0.5, 0.6) is 0 Å². The lowest BCUT2D eigenvalue weighted by Gasteiger charge is -2.43. The molecule has 0 amide bonds. The van der Waals surface area contributed by atoms with Gasteiger partial charge in [0.2, 0.25) is 0 Å². The van der Waals surface area contributed by atoms with Crippen LogP contribution in [0, 0.1) is 10.8 Å². The minimum Gasteiger partial charge on any atom is -0.299 e. The summed E-state index contributed by atoms with van der Waals surface area (Å²) in [6.45, 7) is 4.43. The molecule has 2 bridgehead atoms. The number of fused-ring (bicyclic) bond motifs is 2.